The molecule has 0 bridgehead atoms. The number of hydrogen-bond acceptors (Lipinski definition) is 8. The van der Waals surface area contributed by atoms with Crippen molar-refractivity contribution in [3.05, 3.63) is 67.3 Å². The van der Waals surface area contributed by atoms with Gasteiger partial charge in [0.15, 0.2) is 0 Å². The SMILES string of the molecule is C=CC(=O)N1CCC(c2nc(-c3ccc(Oc4cc(OC)ccn4)nc3)n3c(N)nccc23)C1. The molecule has 10 nitrogen and oxygen atoms in total. The average Bonchev–Trinajstić information content (AvgIpc) is 3.50. The molecule has 0 aliphatic carbocycles. The first-order chi connectivity index (χ1) is 16.6. The van der Waals surface area contributed by atoms with E-state index in [1.54, 1.807) is 48.8 Å². The highest BCUT2D eigenvalue weighted by molar-refractivity contribution is 5.87. The van der Waals surface area contributed by atoms with Gasteiger partial charge in [0.2, 0.25) is 23.6 Å². The van der Waals surface area contributed by atoms with Crippen molar-refractivity contribution in [1.82, 2.24) is 29.2 Å². The Labute approximate surface area is 195 Å². The molecule has 2 N–H and O–H groups in total. The number of amides is 1. The Morgan fingerprint density at radius 2 is 2.03 bits per heavy atom. The van der Waals surface area contributed by atoms with Crippen LogP contribution >= 0.6 is 0 Å². The van der Waals surface area contributed by atoms with Crippen LogP contribution in [-0.4, -0.2) is 55.3 Å². The van der Waals surface area contributed by atoms with Crippen molar-refractivity contribution >= 4 is 17.4 Å². The molecule has 0 saturated carbocycles. The summed E-state index contributed by atoms with van der Waals surface area (Å²) in [6.07, 6.45) is 7.09. The maximum Gasteiger partial charge on any atom is 0.245 e. The van der Waals surface area contributed by atoms with Crippen LogP contribution in [0.25, 0.3) is 16.9 Å². The molecule has 4 aromatic rings. The number of hydrogen-bond donors (Lipinski definition) is 1. The molecule has 1 unspecified atom stereocenters. The number of rotatable bonds is 6. The van der Waals surface area contributed by atoms with Gasteiger partial charge in [-0.05, 0) is 30.7 Å². The summed E-state index contributed by atoms with van der Waals surface area (Å²) in [4.78, 5) is 31.6. The number of anilines is 1. The molecule has 1 amide bonds. The quantitative estimate of drug-likeness (QED) is 0.439. The van der Waals surface area contributed by atoms with Gasteiger partial charge in [-0.1, -0.05) is 6.58 Å². The minimum atomic E-state index is -0.0715. The number of pyridine rings is 2. The lowest BCUT2D eigenvalue weighted by molar-refractivity contribution is -0.125. The van der Waals surface area contributed by atoms with Crippen LogP contribution in [0.3, 0.4) is 0 Å². The van der Waals surface area contributed by atoms with Crippen molar-refractivity contribution in [2.24, 2.45) is 0 Å². The number of nitrogens with zero attached hydrogens (tertiary/aromatic N) is 6. The minimum absolute atomic E-state index is 0.0715. The van der Waals surface area contributed by atoms with Crippen LogP contribution in [0.15, 0.2) is 61.6 Å². The van der Waals surface area contributed by atoms with E-state index in [4.69, 9.17) is 20.2 Å². The number of carbonyl (C=O) groups is 1. The van der Waals surface area contributed by atoms with Gasteiger partial charge in [0.25, 0.3) is 0 Å². The minimum Gasteiger partial charge on any atom is -0.497 e. The first-order valence-electron chi connectivity index (χ1n) is 10.8. The Hall–Kier alpha value is -4.47. The molecule has 34 heavy (non-hydrogen) atoms. The van der Waals surface area contributed by atoms with Gasteiger partial charge in [-0.25, -0.2) is 19.9 Å². The lowest BCUT2D eigenvalue weighted by Gasteiger charge is -2.13. The third-order valence-electron chi connectivity index (χ3n) is 5.82. The number of fused-ring (bicyclic) bond motifs is 1. The fraction of sp³-hybridized carbons (Fsp3) is 0.208. The molecule has 0 radical (unpaired) electrons. The van der Waals surface area contributed by atoms with Crippen molar-refractivity contribution < 1.29 is 14.3 Å². The number of aromatic nitrogens is 5. The summed E-state index contributed by atoms with van der Waals surface area (Å²) >= 11 is 0. The standard InChI is InChI=1S/C24H23N7O3/c1-3-21(32)30-11-8-16(14-30)22-18-7-10-27-24(25)31(18)23(29-22)15-4-5-19(28-13-15)34-20-12-17(33-2)6-9-26-20/h3-7,9-10,12-13,16H,1,8,11,14H2,2H3,(H2,25,27). The fourth-order valence-corrected chi connectivity index (χ4v) is 4.14. The highest BCUT2D eigenvalue weighted by Gasteiger charge is 2.30. The van der Waals surface area contributed by atoms with E-state index < -0.39 is 0 Å². The summed E-state index contributed by atoms with van der Waals surface area (Å²) in [6.45, 7) is 4.83. The van der Waals surface area contributed by atoms with Crippen LogP contribution in [-0.2, 0) is 4.79 Å². The van der Waals surface area contributed by atoms with Crippen LogP contribution in [0, 0.1) is 0 Å². The van der Waals surface area contributed by atoms with E-state index in [2.05, 4.69) is 21.5 Å². The van der Waals surface area contributed by atoms with Gasteiger partial charge in [0.05, 0.1) is 18.3 Å². The van der Waals surface area contributed by atoms with Gasteiger partial charge in [-0.3, -0.25) is 9.20 Å². The molecule has 4 aromatic heterocycles. The van der Waals surface area contributed by atoms with Crippen molar-refractivity contribution in [1.29, 1.82) is 0 Å². The number of imidazole rings is 1. The van der Waals surface area contributed by atoms with E-state index in [0.29, 0.717) is 42.4 Å². The lowest BCUT2D eigenvalue weighted by Crippen LogP contribution is -2.26. The average molecular weight is 457 g/mol. The molecule has 10 heteroatoms. The number of carbonyl (C=O) groups excluding carboxylic acids is 1. The number of likely N-dealkylation sites (tertiary alicyclic amines) is 1. The maximum absolute atomic E-state index is 12.1. The van der Waals surface area contributed by atoms with E-state index in [0.717, 1.165) is 23.2 Å². The van der Waals surface area contributed by atoms with Crippen LogP contribution < -0.4 is 15.2 Å². The van der Waals surface area contributed by atoms with E-state index in [1.165, 1.54) is 6.08 Å². The fourth-order valence-electron chi connectivity index (χ4n) is 4.14. The molecule has 1 atom stereocenters. The van der Waals surface area contributed by atoms with Crippen LogP contribution in [0.4, 0.5) is 5.95 Å². The molecule has 5 rings (SSSR count). The van der Waals surface area contributed by atoms with Gasteiger partial charge in [0, 0.05) is 55.3 Å². The van der Waals surface area contributed by atoms with E-state index in [9.17, 15) is 4.79 Å². The summed E-state index contributed by atoms with van der Waals surface area (Å²) in [6, 6.07) is 8.90. The van der Waals surface area contributed by atoms with Crippen molar-refractivity contribution in [2.45, 2.75) is 12.3 Å². The molecular formula is C24H23N7O3. The highest BCUT2D eigenvalue weighted by atomic mass is 16.5. The van der Waals surface area contributed by atoms with Gasteiger partial charge < -0.3 is 20.1 Å². The Morgan fingerprint density at radius 1 is 1.18 bits per heavy atom. The zero-order chi connectivity index (χ0) is 23.7. The van der Waals surface area contributed by atoms with Gasteiger partial charge in [-0.15, -0.1) is 0 Å². The second-order valence-corrected chi connectivity index (χ2v) is 7.84. The first-order valence-corrected chi connectivity index (χ1v) is 10.8. The summed E-state index contributed by atoms with van der Waals surface area (Å²) in [7, 11) is 1.58. The normalized spacial score (nSPS) is 15.4. The summed E-state index contributed by atoms with van der Waals surface area (Å²) in [5.41, 5.74) is 8.73. The van der Waals surface area contributed by atoms with Gasteiger partial charge in [-0.2, -0.15) is 0 Å². The maximum atomic E-state index is 12.1. The van der Waals surface area contributed by atoms with E-state index in [-0.39, 0.29) is 11.8 Å². The molecule has 5 heterocycles. The monoisotopic (exact) mass is 457 g/mol. The van der Waals surface area contributed by atoms with Gasteiger partial charge in [0.1, 0.15) is 11.6 Å². The lowest BCUT2D eigenvalue weighted by atomic mass is 10.0. The predicted molar refractivity (Wildman–Crippen MR) is 126 cm³/mol. The smallest absolute Gasteiger partial charge is 0.245 e. The van der Waals surface area contributed by atoms with Gasteiger partial charge >= 0.3 is 0 Å². The van der Waals surface area contributed by atoms with Crippen LogP contribution in [0.2, 0.25) is 0 Å². The Morgan fingerprint density at radius 3 is 2.79 bits per heavy atom. The number of methoxy groups -OCH3 is 1. The Balaban J connectivity index is 1.47. The number of nitrogen functional groups attached to an aromatic ring is 1. The molecule has 1 aliphatic heterocycles. The molecule has 172 valence electrons. The van der Waals surface area contributed by atoms with Crippen molar-refractivity contribution in [3.63, 3.8) is 0 Å². The predicted octanol–water partition coefficient (Wildman–Crippen LogP) is 3.07. The molecule has 0 aromatic carbocycles. The molecule has 1 fully saturated rings. The summed E-state index contributed by atoms with van der Waals surface area (Å²) < 4.78 is 12.8. The number of ether oxygens (including phenoxy) is 2. The first kappa shape index (κ1) is 21.4. The van der Waals surface area contributed by atoms with Crippen molar-refractivity contribution in [2.75, 3.05) is 25.9 Å². The van der Waals surface area contributed by atoms with E-state index in [1.807, 2.05) is 16.5 Å². The zero-order valence-corrected chi connectivity index (χ0v) is 18.6. The zero-order valence-electron chi connectivity index (χ0n) is 18.6. The Bertz CT molecular complexity index is 1370. The third-order valence-corrected chi connectivity index (χ3v) is 5.82. The summed E-state index contributed by atoms with van der Waals surface area (Å²) in [5, 5.41) is 0. The Kier molecular flexibility index (Phi) is 5.54. The largest absolute Gasteiger partial charge is 0.497 e. The highest BCUT2D eigenvalue weighted by Crippen LogP contribution is 2.34. The molecule has 0 spiro atoms. The summed E-state index contributed by atoms with van der Waals surface area (Å²) in [5.74, 6) is 2.36. The molecule has 1 saturated heterocycles. The molecule has 1 aliphatic rings. The molecular weight excluding hydrogens is 434 g/mol. The topological polar surface area (TPSA) is 121 Å². The third kappa shape index (κ3) is 3.90. The second-order valence-electron chi connectivity index (χ2n) is 7.84. The second kappa shape index (κ2) is 8.81. The van der Waals surface area contributed by atoms with Crippen LogP contribution in [0.1, 0.15) is 18.0 Å². The van der Waals surface area contributed by atoms with Crippen molar-refractivity contribution in [3.8, 4) is 28.9 Å². The number of nitrogens with two attached hydrogens (primary N) is 1. The van der Waals surface area contributed by atoms with Crippen LogP contribution in [0.5, 0.6) is 17.5 Å². The van der Waals surface area contributed by atoms with E-state index >= 15 is 0 Å².